The Kier molecular flexibility index (Phi) is 2.77. The van der Waals surface area contributed by atoms with E-state index >= 15 is 0 Å². The van der Waals surface area contributed by atoms with Crippen LogP contribution in [-0.4, -0.2) is 19.5 Å². The summed E-state index contributed by atoms with van der Waals surface area (Å²) in [6, 6.07) is -20.9. The Bertz CT molecular complexity index is 4630. The molecule has 11 aromatic rings. The van der Waals surface area contributed by atoms with Gasteiger partial charge in [-0.25, -0.2) is 4.98 Å². The standard InChI is InChI=1S/C45H26N4OS/c1-2-12-27(13-3-1)28-14-10-15-29(26-28)43-46-44(35-20-11-19-33-31-17-6-9-23-39(31)51-42(33)35)48-45(47-43)49-36-21-7-4-18-34(36)40-37(49)25-24-32-30-16-5-8-22-38(30)50-41(32)40/h1-26H/i1D,2D,3D,4D,5D,6D,7D,8D,9D,10D,11D,12D,13D,14D,15D,16D,17D,18D,19D,20D,21D,22D,23D,24D,25D,26D. The van der Waals surface area contributed by atoms with E-state index in [1.54, 1.807) is 0 Å². The minimum Gasteiger partial charge on any atom is -0.455 e. The Morgan fingerprint density at radius 2 is 1.22 bits per heavy atom. The van der Waals surface area contributed by atoms with Gasteiger partial charge in [0, 0.05) is 47.5 Å². The van der Waals surface area contributed by atoms with Crippen LogP contribution < -0.4 is 0 Å². The molecule has 0 spiro atoms. The Labute approximate surface area is 332 Å². The first-order valence-corrected chi connectivity index (χ1v) is 15.6. The average molecular weight is 697 g/mol. The molecule has 0 fully saturated rings. The first-order chi connectivity index (χ1) is 36.1. The van der Waals surface area contributed by atoms with Crippen molar-refractivity contribution in [3.8, 4) is 39.9 Å². The quantitative estimate of drug-likeness (QED) is 0.184. The molecule has 7 aromatic carbocycles. The van der Waals surface area contributed by atoms with Gasteiger partial charge in [-0.05, 0) is 53.4 Å². The third-order valence-electron chi connectivity index (χ3n) is 8.05. The number of nitrogens with zero attached hydrogens (tertiary/aromatic N) is 4. The van der Waals surface area contributed by atoms with Crippen LogP contribution in [-0.2, 0) is 0 Å². The molecule has 0 bridgehead atoms. The second-order valence-corrected chi connectivity index (χ2v) is 11.9. The maximum atomic E-state index is 9.62. The van der Waals surface area contributed by atoms with Gasteiger partial charge < -0.3 is 4.42 Å². The molecule has 0 saturated carbocycles. The second kappa shape index (κ2) is 10.9. The zero-order valence-electron chi connectivity index (χ0n) is 51.1. The molecule has 0 N–H and O–H groups in total. The molecule has 0 unspecified atom stereocenters. The summed E-state index contributed by atoms with van der Waals surface area (Å²) in [6.45, 7) is 0. The summed E-state index contributed by atoms with van der Waals surface area (Å²) in [5.41, 5.74) is -4.84. The molecule has 11 rings (SSSR count). The monoisotopic (exact) mass is 696 g/mol. The van der Waals surface area contributed by atoms with Crippen molar-refractivity contribution in [2.75, 3.05) is 0 Å². The number of thiophene rings is 1. The van der Waals surface area contributed by atoms with E-state index in [2.05, 4.69) is 15.0 Å². The lowest BCUT2D eigenvalue weighted by Crippen LogP contribution is -2.06. The van der Waals surface area contributed by atoms with Gasteiger partial charge in [0.2, 0.25) is 5.95 Å². The predicted octanol–water partition coefficient (Wildman–Crippen LogP) is 12.2. The van der Waals surface area contributed by atoms with Crippen LogP contribution in [0.4, 0.5) is 0 Å². The highest BCUT2D eigenvalue weighted by Crippen LogP contribution is 2.42. The average Bonchev–Trinajstić information content (AvgIpc) is 4.21. The largest absolute Gasteiger partial charge is 0.455 e. The minimum atomic E-state index is -0.996. The molecule has 0 atom stereocenters. The summed E-state index contributed by atoms with van der Waals surface area (Å²) in [7, 11) is 0. The molecule has 0 saturated heterocycles. The summed E-state index contributed by atoms with van der Waals surface area (Å²) < 4.78 is 237. The Morgan fingerprint density at radius 3 is 2.14 bits per heavy atom. The van der Waals surface area contributed by atoms with Crippen LogP contribution in [0, 0.1) is 0 Å². The molecule has 4 aromatic heterocycles. The van der Waals surface area contributed by atoms with Crippen LogP contribution in [0.5, 0.6) is 0 Å². The fraction of sp³-hybridized carbons (Fsp3) is 0. The molecule has 0 aliphatic heterocycles. The Balaban J connectivity index is 1.39. The third kappa shape index (κ3) is 4.30. The highest BCUT2D eigenvalue weighted by Gasteiger charge is 2.22. The molecule has 0 aliphatic rings. The normalized spacial score (nSPS) is 19.1. The highest BCUT2D eigenvalue weighted by atomic mass is 32.1. The molecule has 0 aliphatic carbocycles. The van der Waals surface area contributed by atoms with Gasteiger partial charge in [-0.15, -0.1) is 11.3 Å². The van der Waals surface area contributed by atoms with E-state index in [0.29, 0.717) is 11.3 Å². The zero-order valence-corrected chi connectivity index (χ0v) is 25.9. The van der Waals surface area contributed by atoms with E-state index in [9.17, 15) is 9.60 Å². The number of hydrogen-bond acceptors (Lipinski definition) is 5. The van der Waals surface area contributed by atoms with Crippen molar-refractivity contribution >= 4 is 75.3 Å². The topological polar surface area (TPSA) is 56.7 Å². The van der Waals surface area contributed by atoms with Gasteiger partial charge >= 0.3 is 0 Å². The number of aromatic nitrogens is 4. The number of benzene rings is 7. The summed E-state index contributed by atoms with van der Waals surface area (Å²) >= 11 is 0.644. The fourth-order valence-corrected chi connectivity index (χ4v) is 6.96. The lowest BCUT2D eigenvalue weighted by atomic mass is 10.0. The molecule has 6 heteroatoms. The van der Waals surface area contributed by atoms with Gasteiger partial charge in [0.15, 0.2) is 11.6 Å². The number of furan rings is 1. The highest BCUT2D eigenvalue weighted by molar-refractivity contribution is 7.26. The van der Waals surface area contributed by atoms with Crippen LogP contribution in [0.2, 0.25) is 0 Å². The Morgan fingerprint density at radius 1 is 0.510 bits per heavy atom. The fourth-order valence-electron chi connectivity index (χ4n) is 5.90. The van der Waals surface area contributed by atoms with Crippen LogP contribution in [0.1, 0.15) is 35.6 Å². The number of para-hydroxylation sites is 2. The van der Waals surface area contributed by atoms with Gasteiger partial charge in [-0.1, -0.05) is 115 Å². The van der Waals surface area contributed by atoms with Gasteiger partial charge in [-0.2, -0.15) is 9.97 Å². The molecule has 5 nitrogen and oxygen atoms in total. The predicted molar refractivity (Wildman–Crippen MR) is 211 cm³/mol. The zero-order chi connectivity index (χ0) is 56.1. The van der Waals surface area contributed by atoms with E-state index in [-0.39, 0.29) is 36.3 Å². The van der Waals surface area contributed by atoms with Crippen molar-refractivity contribution in [2.45, 2.75) is 0 Å². The molecule has 4 heterocycles. The van der Waals surface area contributed by atoms with Gasteiger partial charge in [0.05, 0.1) is 52.1 Å². The summed E-state index contributed by atoms with van der Waals surface area (Å²) in [5.74, 6) is -2.42. The Hall–Kier alpha value is -6.63. The molecule has 0 amide bonds. The molecule has 0 radical (unpaired) electrons. The van der Waals surface area contributed by atoms with Crippen molar-refractivity contribution in [2.24, 2.45) is 0 Å². The van der Waals surface area contributed by atoms with Gasteiger partial charge in [-0.3, -0.25) is 4.57 Å². The second-order valence-electron chi connectivity index (χ2n) is 10.8. The van der Waals surface area contributed by atoms with Crippen molar-refractivity contribution in [3.05, 3.63) is 157 Å². The van der Waals surface area contributed by atoms with E-state index in [1.807, 2.05) is 0 Å². The molecular formula is C45H26N4OS. The first kappa shape index (κ1) is 12.9. The van der Waals surface area contributed by atoms with Crippen LogP contribution in [0.25, 0.3) is 104 Å². The minimum absolute atomic E-state index is 0.132. The summed E-state index contributed by atoms with van der Waals surface area (Å²) in [6.07, 6.45) is 0. The van der Waals surface area contributed by atoms with E-state index in [4.69, 9.17) is 30.5 Å². The van der Waals surface area contributed by atoms with Crippen LogP contribution in [0.3, 0.4) is 0 Å². The van der Waals surface area contributed by atoms with E-state index < -0.39 is 225 Å². The van der Waals surface area contributed by atoms with Crippen molar-refractivity contribution in [1.82, 2.24) is 19.5 Å². The maximum absolute atomic E-state index is 9.62. The van der Waals surface area contributed by atoms with Crippen molar-refractivity contribution in [1.29, 1.82) is 0 Å². The smallest absolute Gasteiger partial charge is 0.238 e. The van der Waals surface area contributed by atoms with Gasteiger partial charge in [0.25, 0.3) is 0 Å². The van der Waals surface area contributed by atoms with E-state index in [0.717, 1.165) is 4.57 Å². The van der Waals surface area contributed by atoms with Crippen LogP contribution >= 0.6 is 11.3 Å². The van der Waals surface area contributed by atoms with Gasteiger partial charge in [0.1, 0.15) is 11.2 Å². The van der Waals surface area contributed by atoms with Crippen molar-refractivity contribution in [3.63, 3.8) is 0 Å². The van der Waals surface area contributed by atoms with E-state index in [1.165, 1.54) is 0 Å². The first-order valence-electron chi connectivity index (χ1n) is 27.8. The molecular weight excluding hydrogens is 645 g/mol. The number of fused-ring (bicyclic) bond motifs is 10. The lowest BCUT2D eigenvalue weighted by molar-refractivity contribution is 0.673. The van der Waals surface area contributed by atoms with Crippen LogP contribution in [0.15, 0.2) is 162 Å². The number of hydrogen-bond donors (Lipinski definition) is 0. The maximum Gasteiger partial charge on any atom is 0.238 e. The summed E-state index contributed by atoms with van der Waals surface area (Å²) in [5, 5.41) is -2.01. The lowest BCUT2D eigenvalue weighted by Gasteiger charge is -2.12. The molecule has 51 heavy (non-hydrogen) atoms. The molecule has 238 valence electrons. The SMILES string of the molecule is [2H]c1c([2H])c([2H])c(-c2c([2H])c([2H])c([2H])c(-c3nc(-c4c([2H])c([2H])c([2H])c5c4sc4c([2H])c([2H])c([2H])c([2H])c45)nc(-n4c5c([2H])c([2H])c([2H])c([2H])c5c5c6oc7c([2H])c([2H])c([2H])c([2H])c7c6c([2H])c([2H])c54)n3)c2[2H])c([2H])c1[2H]. The third-order valence-corrected chi connectivity index (χ3v) is 9.17. The summed E-state index contributed by atoms with van der Waals surface area (Å²) in [4.78, 5) is 13.8. The van der Waals surface area contributed by atoms with Crippen molar-refractivity contribution < 1.29 is 40.1 Å². The number of rotatable bonds is 4.